The Bertz CT molecular complexity index is 1040. The van der Waals surface area contributed by atoms with E-state index in [2.05, 4.69) is 15.4 Å². The number of hydrogen-bond acceptors (Lipinski definition) is 7. The lowest BCUT2D eigenvalue weighted by atomic mass is 10.1. The maximum atomic E-state index is 12.5. The van der Waals surface area contributed by atoms with Gasteiger partial charge in [0.05, 0.1) is 17.5 Å². The minimum atomic E-state index is -0.674. The standard InChI is InChI=1S/C19H19N5O4S/c1-11(2)16-13(9-22-24(16)14-5-3-4-7-21-14)19(27)28-10-15(25)23-18-12(17(20)26)6-8-29-18/h3-9,11H,10H2,1-2H3,(H2,20,26)(H,23,25). The van der Waals surface area contributed by atoms with Crippen molar-refractivity contribution < 1.29 is 19.1 Å². The van der Waals surface area contributed by atoms with Gasteiger partial charge in [-0.3, -0.25) is 9.59 Å². The van der Waals surface area contributed by atoms with Gasteiger partial charge in [-0.1, -0.05) is 19.9 Å². The second kappa shape index (κ2) is 8.65. The molecule has 3 aromatic heterocycles. The van der Waals surface area contributed by atoms with E-state index in [1.165, 1.54) is 12.3 Å². The molecule has 0 saturated heterocycles. The van der Waals surface area contributed by atoms with E-state index >= 15 is 0 Å². The molecule has 0 aromatic carbocycles. The normalized spacial score (nSPS) is 10.7. The van der Waals surface area contributed by atoms with Crippen LogP contribution >= 0.6 is 11.3 Å². The summed E-state index contributed by atoms with van der Waals surface area (Å²) in [4.78, 5) is 40.2. The van der Waals surface area contributed by atoms with Crippen molar-refractivity contribution >= 4 is 34.1 Å². The maximum Gasteiger partial charge on any atom is 0.342 e. The van der Waals surface area contributed by atoms with Gasteiger partial charge in [-0.15, -0.1) is 11.3 Å². The monoisotopic (exact) mass is 413 g/mol. The maximum absolute atomic E-state index is 12.5. The Morgan fingerprint density at radius 1 is 1.24 bits per heavy atom. The molecule has 2 amide bonds. The number of primary amides is 1. The fraction of sp³-hybridized carbons (Fsp3) is 0.211. The number of carbonyl (C=O) groups is 3. The number of nitrogens with one attached hydrogen (secondary N) is 1. The topological polar surface area (TPSA) is 129 Å². The number of thiophene rings is 1. The molecule has 3 aromatic rings. The van der Waals surface area contributed by atoms with E-state index in [1.807, 2.05) is 19.9 Å². The first-order chi connectivity index (χ1) is 13.9. The van der Waals surface area contributed by atoms with Crippen molar-refractivity contribution in [1.82, 2.24) is 14.8 Å². The third kappa shape index (κ3) is 4.49. The molecule has 0 aliphatic rings. The number of nitrogens with two attached hydrogens (primary N) is 1. The van der Waals surface area contributed by atoms with Crippen LogP contribution in [0, 0.1) is 0 Å². The Morgan fingerprint density at radius 2 is 2.03 bits per heavy atom. The molecule has 3 heterocycles. The van der Waals surface area contributed by atoms with Crippen LogP contribution < -0.4 is 11.1 Å². The SMILES string of the molecule is CC(C)c1c(C(=O)OCC(=O)Nc2sccc2C(N)=O)cnn1-c1ccccn1. The van der Waals surface area contributed by atoms with E-state index in [4.69, 9.17) is 10.5 Å². The number of esters is 1. The average Bonchev–Trinajstić information content (AvgIpc) is 3.34. The Labute approximate surface area is 170 Å². The molecule has 29 heavy (non-hydrogen) atoms. The molecule has 150 valence electrons. The Balaban J connectivity index is 1.71. The minimum Gasteiger partial charge on any atom is -0.452 e. The quantitative estimate of drug-likeness (QED) is 0.572. The van der Waals surface area contributed by atoms with Crippen LogP contribution in [0.1, 0.15) is 46.2 Å². The number of ether oxygens (including phenoxy) is 1. The largest absolute Gasteiger partial charge is 0.452 e. The van der Waals surface area contributed by atoms with Crippen molar-refractivity contribution in [3.05, 3.63) is 58.9 Å². The van der Waals surface area contributed by atoms with Crippen molar-refractivity contribution in [3.63, 3.8) is 0 Å². The zero-order valence-electron chi connectivity index (χ0n) is 15.8. The molecule has 3 N–H and O–H groups in total. The summed E-state index contributed by atoms with van der Waals surface area (Å²) in [5.74, 6) is -1.37. The molecule has 9 nitrogen and oxygen atoms in total. The van der Waals surface area contributed by atoms with Gasteiger partial charge in [-0.25, -0.2) is 14.5 Å². The number of nitrogens with zero attached hydrogens (tertiary/aromatic N) is 3. The van der Waals surface area contributed by atoms with Crippen molar-refractivity contribution in [2.24, 2.45) is 5.73 Å². The molecule has 0 fully saturated rings. The molecule has 0 unspecified atom stereocenters. The van der Waals surface area contributed by atoms with Gasteiger partial charge in [-0.2, -0.15) is 5.10 Å². The van der Waals surface area contributed by atoms with Gasteiger partial charge in [0.15, 0.2) is 12.4 Å². The van der Waals surface area contributed by atoms with Gasteiger partial charge in [0.2, 0.25) is 0 Å². The van der Waals surface area contributed by atoms with Gasteiger partial charge >= 0.3 is 5.97 Å². The number of aromatic nitrogens is 3. The summed E-state index contributed by atoms with van der Waals surface area (Å²) in [7, 11) is 0. The third-order valence-corrected chi connectivity index (χ3v) is 4.79. The summed E-state index contributed by atoms with van der Waals surface area (Å²) in [5, 5.41) is 8.71. The van der Waals surface area contributed by atoms with Gasteiger partial charge < -0.3 is 15.8 Å². The highest BCUT2D eigenvalue weighted by Crippen LogP contribution is 2.24. The van der Waals surface area contributed by atoms with E-state index in [9.17, 15) is 14.4 Å². The highest BCUT2D eigenvalue weighted by molar-refractivity contribution is 7.14. The molecular formula is C19H19N5O4S. The molecule has 10 heteroatoms. The number of pyridine rings is 1. The van der Waals surface area contributed by atoms with Crippen LogP contribution in [-0.4, -0.2) is 39.2 Å². The van der Waals surface area contributed by atoms with E-state index in [-0.39, 0.29) is 17.0 Å². The van der Waals surface area contributed by atoms with Gasteiger partial charge in [0, 0.05) is 6.20 Å². The lowest BCUT2D eigenvalue weighted by molar-refractivity contribution is -0.119. The van der Waals surface area contributed by atoms with Crippen LogP contribution in [0.15, 0.2) is 42.0 Å². The first kappa shape index (κ1) is 20.2. The predicted octanol–water partition coefficient (Wildman–Crippen LogP) is 2.35. The molecule has 0 radical (unpaired) electrons. The molecule has 0 atom stereocenters. The number of anilines is 1. The van der Waals surface area contributed by atoms with Crippen LogP contribution in [0.5, 0.6) is 0 Å². The van der Waals surface area contributed by atoms with Crippen LogP contribution in [0.3, 0.4) is 0 Å². The van der Waals surface area contributed by atoms with Gasteiger partial charge in [0.25, 0.3) is 11.8 Å². The fourth-order valence-corrected chi connectivity index (χ4v) is 3.51. The summed E-state index contributed by atoms with van der Waals surface area (Å²) < 4.78 is 6.72. The van der Waals surface area contributed by atoms with Gasteiger partial charge in [-0.05, 0) is 29.5 Å². The van der Waals surface area contributed by atoms with Gasteiger partial charge in [0.1, 0.15) is 10.6 Å². The minimum absolute atomic E-state index is 0.0415. The lowest BCUT2D eigenvalue weighted by Gasteiger charge is -2.12. The zero-order chi connectivity index (χ0) is 21.0. The second-order valence-electron chi connectivity index (χ2n) is 6.35. The summed E-state index contributed by atoms with van der Waals surface area (Å²) in [6.45, 7) is 3.32. The summed E-state index contributed by atoms with van der Waals surface area (Å²) >= 11 is 1.15. The van der Waals surface area contributed by atoms with E-state index in [1.54, 1.807) is 28.4 Å². The lowest BCUT2D eigenvalue weighted by Crippen LogP contribution is -2.22. The van der Waals surface area contributed by atoms with Crippen molar-refractivity contribution in [3.8, 4) is 5.82 Å². The molecular weight excluding hydrogens is 394 g/mol. The molecule has 0 bridgehead atoms. The second-order valence-corrected chi connectivity index (χ2v) is 7.27. The Kier molecular flexibility index (Phi) is 6.03. The average molecular weight is 413 g/mol. The van der Waals surface area contributed by atoms with E-state index < -0.39 is 24.4 Å². The van der Waals surface area contributed by atoms with Crippen LogP contribution in [0.25, 0.3) is 5.82 Å². The van der Waals surface area contributed by atoms with E-state index in [0.29, 0.717) is 16.5 Å². The fourth-order valence-electron chi connectivity index (χ4n) is 2.70. The van der Waals surface area contributed by atoms with Crippen molar-refractivity contribution in [2.45, 2.75) is 19.8 Å². The first-order valence-corrected chi connectivity index (χ1v) is 9.60. The third-order valence-electron chi connectivity index (χ3n) is 3.96. The predicted molar refractivity (Wildman–Crippen MR) is 107 cm³/mol. The van der Waals surface area contributed by atoms with Crippen LogP contribution in [-0.2, 0) is 9.53 Å². The summed E-state index contributed by atoms with van der Waals surface area (Å²) in [5.41, 5.74) is 6.33. The molecule has 0 aliphatic carbocycles. The Hall–Kier alpha value is -3.53. The number of hydrogen-bond donors (Lipinski definition) is 2. The molecule has 0 aliphatic heterocycles. The number of amides is 2. The van der Waals surface area contributed by atoms with Crippen molar-refractivity contribution in [2.75, 3.05) is 11.9 Å². The highest BCUT2D eigenvalue weighted by Gasteiger charge is 2.23. The smallest absolute Gasteiger partial charge is 0.342 e. The summed E-state index contributed by atoms with van der Waals surface area (Å²) in [6, 6.07) is 6.89. The van der Waals surface area contributed by atoms with Crippen molar-refractivity contribution in [1.29, 1.82) is 0 Å². The van der Waals surface area contributed by atoms with Crippen LogP contribution in [0.4, 0.5) is 5.00 Å². The molecule has 0 spiro atoms. The molecule has 0 saturated carbocycles. The number of rotatable bonds is 7. The zero-order valence-corrected chi connectivity index (χ0v) is 16.6. The number of carbonyl (C=O) groups excluding carboxylic acids is 3. The first-order valence-electron chi connectivity index (χ1n) is 8.72. The summed E-state index contributed by atoms with van der Waals surface area (Å²) in [6.07, 6.45) is 3.03. The Morgan fingerprint density at radius 3 is 2.69 bits per heavy atom. The van der Waals surface area contributed by atoms with E-state index in [0.717, 1.165) is 11.3 Å². The molecule has 3 rings (SSSR count). The van der Waals surface area contributed by atoms with Crippen LogP contribution in [0.2, 0.25) is 0 Å². The highest BCUT2D eigenvalue weighted by atomic mass is 32.1.